The Morgan fingerprint density at radius 1 is 0.532 bits per heavy atom. The second-order valence-electron chi connectivity index (χ2n) is 12.2. The van der Waals surface area contributed by atoms with Crippen LogP contribution in [-0.2, 0) is 40.5 Å². The fraction of sp³-hybridized carbons (Fsp3) is 0.286. The molecule has 5 heteroatoms. The Balaban J connectivity index is 1.24. The summed E-state index contributed by atoms with van der Waals surface area (Å²) in [6, 6.07) is 47.5. The van der Waals surface area contributed by atoms with Crippen LogP contribution in [0.15, 0.2) is 140 Å². The summed E-state index contributed by atoms with van der Waals surface area (Å²) in [5.41, 5.74) is 5.76. The first kappa shape index (κ1) is 32.5. The smallest absolute Gasteiger partial charge is 0.128 e. The SMILES string of the molecule is COc1ccc(Cc2ccccc2OC2C[C@H](COCc3ccccc3)C[C@H](OCc3ccccc3)C2OCc2ccccc2)cc1. The lowest BCUT2D eigenvalue weighted by molar-refractivity contribution is -0.160. The molecule has 1 saturated carbocycles. The Morgan fingerprint density at radius 3 is 1.72 bits per heavy atom. The minimum Gasteiger partial charge on any atom is -0.497 e. The fourth-order valence-corrected chi connectivity index (χ4v) is 6.24. The third-order valence-electron chi connectivity index (χ3n) is 8.73. The first-order valence-corrected chi connectivity index (χ1v) is 16.5. The van der Waals surface area contributed by atoms with Gasteiger partial charge in [-0.05, 0) is 64.8 Å². The summed E-state index contributed by atoms with van der Waals surface area (Å²) in [7, 11) is 1.69. The van der Waals surface area contributed by atoms with Crippen molar-refractivity contribution in [3.63, 3.8) is 0 Å². The second kappa shape index (κ2) is 16.9. The van der Waals surface area contributed by atoms with Crippen LogP contribution in [-0.4, -0.2) is 32.0 Å². The topological polar surface area (TPSA) is 46.2 Å². The molecule has 2 unspecified atom stereocenters. The van der Waals surface area contributed by atoms with Crippen LogP contribution in [0.3, 0.4) is 0 Å². The van der Waals surface area contributed by atoms with Gasteiger partial charge in [0.05, 0.1) is 39.6 Å². The molecule has 47 heavy (non-hydrogen) atoms. The van der Waals surface area contributed by atoms with Gasteiger partial charge in [0.2, 0.25) is 0 Å². The maximum absolute atomic E-state index is 7.00. The Labute approximate surface area is 279 Å². The summed E-state index contributed by atoms with van der Waals surface area (Å²) in [6.07, 6.45) is 1.72. The predicted molar refractivity (Wildman–Crippen MR) is 186 cm³/mol. The lowest BCUT2D eigenvalue weighted by Gasteiger charge is -2.41. The summed E-state index contributed by atoms with van der Waals surface area (Å²) in [5.74, 6) is 1.96. The number of benzene rings is 5. The maximum Gasteiger partial charge on any atom is 0.128 e. The Hall–Kier alpha value is -4.42. The molecule has 0 bridgehead atoms. The molecule has 0 aliphatic heterocycles. The lowest BCUT2D eigenvalue weighted by atomic mass is 9.83. The van der Waals surface area contributed by atoms with Gasteiger partial charge in [0.1, 0.15) is 23.7 Å². The summed E-state index contributed by atoms with van der Waals surface area (Å²) in [5, 5.41) is 0. The van der Waals surface area contributed by atoms with Crippen molar-refractivity contribution in [1.29, 1.82) is 0 Å². The molecule has 5 aromatic carbocycles. The zero-order chi connectivity index (χ0) is 32.1. The molecule has 6 rings (SSSR count). The summed E-state index contributed by atoms with van der Waals surface area (Å²) < 4.78 is 32.1. The van der Waals surface area contributed by atoms with E-state index in [-0.39, 0.29) is 24.2 Å². The number of hydrogen-bond donors (Lipinski definition) is 0. The van der Waals surface area contributed by atoms with E-state index in [2.05, 4.69) is 91.0 Å². The zero-order valence-corrected chi connectivity index (χ0v) is 27.1. The van der Waals surface area contributed by atoms with Crippen molar-refractivity contribution in [2.24, 2.45) is 5.92 Å². The van der Waals surface area contributed by atoms with Gasteiger partial charge in [-0.25, -0.2) is 0 Å². The van der Waals surface area contributed by atoms with Gasteiger partial charge in [-0.1, -0.05) is 121 Å². The fourth-order valence-electron chi connectivity index (χ4n) is 6.24. The van der Waals surface area contributed by atoms with E-state index in [0.29, 0.717) is 26.4 Å². The van der Waals surface area contributed by atoms with E-state index < -0.39 is 0 Å². The van der Waals surface area contributed by atoms with Crippen LogP contribution in [0.2, 0.25) is 0 Å². The molecule has 1 aliphatic carbocycles. The lowest BCUT2D eigenvalue weighted by Crippen LogP contribution is -2.50. The molecule has 0 spiro atoms. The van der Waals surface area contributed by atoms with E-state index in [1.54, 1.807) is 7.11 Å². The third kappa shape index (κ3) is 9.55. The Kier molecular flexibility index (Phi) is 11.7. The van der Waals surface area contributed by atoms with E-state index in [1.165, 1.54) is 11.1 Å². The molecule has 0 radical (unpaired) electrons. The number of rotatable bonds is 15. The highest BCUT2D eigenvalue weighted by molar-refractivity contribution is 5.39. The first-order valence-electron chi connectivity index (χ1n) is 16.5. The van der Waals surface area contributed by atoms with E-state index in [4.69, 9.17) is 23.7 Å². The number of methoxy groups -OCH3 is 1. The van der Waals surface area contributed by atoms with Crippen molar-refractivity contribution in [1.82, 2.24) is 0 Å². The molecule has 4 atom stereocenters. The van der Waals surface area contributed by atoms with Crippen molar-refractivity contribution >= 4 is 0 Å². The molecule has 5 aromatic rings. The van der Waals surface area contributed by atoms with Crippen molar-refractivity contribution in [3.8, 4) is 11.5 Å². The molecule has 242 valence electrons. The normalized spacial score (nSPS) is 19.3. The minimum absolute atomic E-state index is 0.170. The van der Waals surface area contributed by atoms with Gasteiger partial charge in [0.15, 0.2) is 0 Å². The van der Waals surface area contributed by atoms with Crippen molar-refractivity contribution in [2.75, 3.05) is 13.7 Å². The van der Waals surface area contributed by atoms with Crippen LogP contribution in [0.4, 0.5) is 0 Å². The highest BCUT2D eigenvalue weighted by atomic mass is 16.6. The van der Waals surface area contributed by atoms with E-state index in [9.17, 15) is 0 Å². The number of para-hydroxylation sites is 1. The van der Waals surface area contributed by atoms with Crippen LogP contribution >= 0.6 is 0 Å². The molecule has 1 aliphatic rings. The van der Waals surface area contributed by atoms with Gasteiger partial charge in [0.25, 0.3) is 0 Å². The second-order valence-corrected chi connectivity index (χ2v) is 12.2. The molecule has 0 heterocycles. The Bertz CT molecular complexity index is 1610. The third-order valence-corrected chi connectivity index (χ3v) is 8.73. The van der Waals surface area contributed by atoms with Crippen LogP contribution in [0.5, 0.6) is 11.5 Å². The van der Waals surface area contributed by atoms with E-state index >= 15 is 0 Å². The highest BCUT2D eigenvalue weighted by Crippen LogP contribution is 2.35. The molecule has 1 fully saturated rings. The van der Waals surface area contributed by atoms with Gasteiger partial charge in [0, 0.05) is 6.42 Å². The largest absolute Gasteiger partial charge is 0.497 e. The number of hydrogen-bond acceptors (Lipinski definition) is 5. The zero-order valence-electron chi connectivity index (χ0n) is 27.1. The van der Waals surface area contributed by atoms with Gasteiger partial charge >= 0.3 is 0 Å². The maximum atomic E-state index is 7.00. The Morgan fingerprint density at radius 2 is 1.09 bits per heavy atom. The van der Waals surface area contributed by atoms with Crippen LogP contribution < -0.4 is 9.47 Å². The van der Waals surface area contributed by atoms with Gasteiger partial charge in [-0.2, -0.15) is 0 Å². The highest BCUT2D eigenvalue weighted by Gasteiger charge is 2.41. The molecule has 0 saturated heterocycles. The molecular formula is C42H44O5. The summed E-state index contributed by atoms with van der Waals surface area (Å²) in [4.78, 5) is 0. The molecule has 0 aromatic heterocycles. The average molecular weight is 629 g/mol. The first-order chi connectivity index (χ1) is 23.2. The van der Waals surface area contributed by atoms with Crippen molar-refractivity contribution in [3.05, 3.63) is 167 Å². The predicted octanol–water partition coefficient (Wildman–Crippen LogP) is 8.83. The number of ether oxygens (including phenoxy) is 5. The quantitative estimate of drug-likeness (QED) is 0.116. The van der Waals surface area contributed by atoms with E-state index in [1.807, 2.05) is 48.5 Å². The van der Waals surface area contributed by atoms with Gasteiger partial charge in [-0.3, -0.25) is 0 Å². The molecule has 0 N–H and O–H groups in total. The molecule has 5 nitrogen and oxygen atoms in total. The monoisotopic (exact) mass is 628 g/mol. The van der Waals surface area contributed by atoms with Crippen LogP contribution in [0.1, 0.15) is 40.7 Å². The summed E-state index contributed by atoms with van der Waals surface area (Å²) >= 11 is 0. The minimum atomic E-state index is -0.265. The van der Waals surface area contributed by atoms with Crippen molar-refractivity contribution < 1.29 is 23.7 Å². The van der Waals surface area contributed by atoms with Crippen molar-refractivity contribution in [2.45, 2.75) is 57.4 Å². The van der Waals surface area contributed by atoms with Gasteiger partial charge in [-0.15, -0.1) is 0 Å². The van der Waals surface area contributed by atoms with E-state index in [0.717, 1.165) is 47.5 Å². The van der Waals surface area contributed by atoms with Crippen LogP contribution in [0, 0.1) is 5.92 Å². The average Bonchev–Trinajstić information content (AvgIpc) is 3.13. The van der Waals surface area contributed by atoms with Crippen LogP contribution in [0.25, 0.3) is 0 Å². The standard InChI is InChI=1S/C42H44O5/c1-43-38-23-21-32(22-24-38)25-37-19-11-12-20-39(37)47-41-27-36(29-44-28-33-13-5-2-6-14-33)26-40(45-30-34-15-7-3-8-16-34)42(41)46-31-35-17-9-4-10-18-35/h2-24,36,40-42H,25-31H2,1H3/t36-,40+,41?,42?/m1/s1. The summed E-state index contributed by atoms with van der Waals surface area (Å²) in [6.45, 7) is 2.20. The molecule has 0 amide bonds. The molecular weight excluding hydrogens is 584 g/mol. The van der Waals surface area contributed by atoms with Gasteiger partial charge < -0.3 is 23.7 Å².